The zero-order valence-corrected chi connectivity index (χ0v) is 11.5. The van der Waals surface area contributed by atoms with Crippen LogP contribution >= 0.6 is 0 Å². The molecule has 1 aromatic rings. The van der Waals surface area contributed by atoms with Crippen LogP contribution in [0.1, 0.15) is 16.8 Å². The second-order valence-electron chi connectivity index (χ2n) is 4.20. The first kappa shape index (κ1) is 14.8. The van der Waals surface area contributed by atoms with Crippen molar-refractivity contribution >= 4 is 23.2 Å². The van der Waals surface area contributed by atoms with Crippen molar-refractivity contribution in [2.45, 2.75) is 6.42 Å². The van der Waals surface area contributed by atoms with E-state index in [4.69, 9.17) is 5.73 Å². The van der Waals surface area contributed by atoms with E-state index in [2.05, 4.69) is 10.6 Å². The first-order chi connectivity index (χ1) is 8.99. The van der Waals surface area contributed by atoms with Crippen LogP contribution in [0.5, 0.6) is 0 Å². The molecule has 4 N–H and O–H groups in total. The molecule has 6 heteroatoms. The number of carbonyl (C=O) groups excluding carboxylic acids is 2. The summed E-state index contributed by atoms with van der Waals surface area (Å²) in [6, 6.07) is 5.12. The Bertz CT molecular complexity index is 474. The number of nitrogens with two attached hydrogens (primary N) is 1. The minimum atomic E-state index is -0.175. The quantitative estimate of drug-likeness (QED) is 0.663. The molecule has 0 aliphatic heterocycles. The van der Waals surface area contributed by atoms with Crippen molar-refractivity contribution in [2.24, 2.45) is 0 Å². The van der Waals surface area contributed by atoms with Crippen LogP contribution in [0.2, 0.25) is 0 Å². The second kappa shape index (κ2) is 6.63. The topological polar surface area (TPSA) is 87.5 Å². The molecule has 0 bridgehead atoms. The van der Waals surface area contributed by atoms with Crippen LogP contribution in [-0.4, -0.2) is 39.5 Å². The van der Waals surface area contributed by atoms with Gasteiger partial charge in [-0.1, -0.05) is 0 Å². The summed E-state index contributed by atoms with van der Waals surface area (Å²) in [5.74, 6) is -0.196. The molecule has 0 saturated heterocycles. The van der Waals surface area contributed by atoms with Gasteiger partial charge in [0.05, 0.1) is 11.4 Å². The molecular formula is C13H20N4O2. The summed E-state index contributed by atoms with van der Waals surface area (Å²) < 4.78 is 0. The predicted molar refractivity (Wildman–Crippen MR) is 76.2 cm³/mol. The van der Waals surface area contributed by atoms with E-state index in [9.17, 15) is 9.59 Å². The standard InChI is InChI=1S/C13H20N4O2/c1-15-12(18)6-7-17(3)11-5-4-9(8-10(11)14)13(19)16-2/h4-5,8H,6-7,14H2,1-3H3,(H,15,18)(H,16,19). The maximum atomic E-state index is 11.5. The average Bonchev–Trinajstić information content (AvgIpc) is 2.43. The highest BCUT2D eigenvalue weighted by Gasteiger charge is 2.10. The molecule has 0 heterocycles. The van der Waals surface area contributed by atoms with Crippen molar-refractivity contribution in [3.8, 4) is 0 Å². The van der Waals surface area contributed by atoms with Crippen LogP contribution in [0.4, 0.5) is 11.4 Å². The average molecular weight is 264 g/mol. The normalized spacial score (nSPS) is 9.84. The molecule has 1 rings (SSSR count). The third kappa shape index (κ3) is 3.87. The predicted octanol–water partition coefficient (Wildman–Crippen LogP) is 0.201. The van der Waals surface area contributed by atoms with Gasteiger partial charge in [-0.2, -0.15) is 0 Å². The van der Waals surface area contributed by atoms with Crippen molar-refractivity contribution in [1.82, 2.24) is 10.6 Å². The molecule has 0 atom stereocenters. The number of benzene rings is 1. The summed E-state index contributed by atoms with van der Waals surface area (Å²) in [5.41, 5.74) is 7.77. The van der Waals surface area contributed by atoms with Gasteiger partial charge in [0, 0.05) is 39.7 Å². The Morgan fingerprint density at radius 1 is 1.26 bits per heavy atom. The number of rotatable bonds is 5. The van der Waals surface area contributed by atoms with Gasteiger partial charge in [0.15, 0.2) is 0 Å². The van der Waals surface area contributed by atoms with Gasteiger partial charge in [-0.05, 0) is 18.2 Å². The summed E-state index contributed by atoms with van der Waals surface area (Å²) in [6.45, 7) is 0.559. The Morgan fingerprint density at radius 3 is 2.47 bits per heavy atom. The summed E-state index contributed by atoms with van der Waals surface area (Å²) in [4.78, 5) is 24.5. The second-order valence-corrected chi connectivity index (χ2v) is 4.20. The van der Waals surface area contributed by atoms with Gasteiger partial charge < -0.3 is 21.3 Å². The van der Waals surface area contributed by atoms with Crippen LogP contribution in [0.3, 0.4) is 0 Å². The van der Waals surface area contributed by atoms with Crippen LogP contribution in [0.15, 0.2) is 18.2 Å². The molecule has 0 spiro atoms. The Balaban J connectivity index is 2.78. The highest BCUT2D eigenvalue weighted by atomic mass is 16.2. The minimum Gasteiger partial charge on any atom is -0.397 e. The summed E-state index contributed by atoms with van der Waals surface area (Å²) in [7, 11) is 5.03. The highest BCUT2D eigenvalue weighted by Crippen LogP contribution is 2.23. The molecule has 1 aromatic carbocycles. The van der Waals surface area contributed by atoms with Gasteiger partial charge >= 0.3 is 0 Å². The number of nitrogens with zero attached hydrogens (tertiary/aromatic N) is 1. The number of hydrogen-bond acceptors (Lipinski definition) is 4. The third-order valence-corrected chi connectivity index (χ3v) is 2.88. The fourth-order valence-corrected chi connectivity index (χ4v) is 1.70. The molecular weight excluding hydrogens is 244 g/mol. The van der Waals surface area contributed by atoms with Crippen LogP contribution in [-0.2, 0) is 4.79 Å². The lowest BCUT2D eigenvalue weighted by Gasteiger charge is -2.21. The van der Waals surface area contributed by atoms with Gasteiger partial charge in [-0.3, -0.25) is 9.59 Å². The van der Waals surface area contributed by atoms with E-state index in [1.807, 2.05) is 11.9 Å². The van der Waals surface area contributed by atoms with Crippen molar-refractivity contribution in [3.05, 3.63) is 23.8 Å². The number of amides is 2. The smallest absolute Gasteiger partial charge is 0.251 e. The van der Waals surface area contributed by atoms with Crippen LogP contribution in [0.25, 0.3) is 0 Å². The molecule has 19 heavy (non-hydrogen) atoms. The van der Waals surface area contributed by atoms with Gasteiger partial charge in [0.2, 0.25) is 5.91 Å². The minimum absolute atomic E-state index is 0.0209. The molecule has 0 aliphatic carbocycles. The lowest BCUT2D eigenvalue weighted by molar-refractivity contribution is -0.120. The molecule has 0 radical (unpaired) electrons. The van der Waals surface area contributed by atoms with Crippen molar-refractivity contribution < 1.29 is 9.59 Å². The number of nitrogen functional groups attached to an aromatic ring is 1. The molecule has 104 valence electrons. The van der Waals surface area contributed by atoms with E-state index in [0.29, 0.717) is 24.2 Å². The molecule has 6 nitrogen and oxygen atoms in total. The van der Waals surface area contributed by atoms with Gasteiger partial charge in [-0.25, -0.2) is 0 Å². The van der Waals surface area contributed by atoms with Crippen molar-refractivity contribution in [2.75, 3.05) is 38.3 Å². The fraction of sp³-hybridized carbons (Fsp3) is 0.385. The lowest BCUT2D eigenvalue weighted by atomic mass is 10.1. The van der Waals surface area contributed by atoms with E-state index < -0.39 is 0 Å². The monoisotopic (exact) mass is 264 g/mol. The van der Waals surface area contributed by atoms with Gasteiger partial charge in [0.25, 0.3) is 5.91 Å². The zero-order valence-electron chi connectivity index (χ0n) is 11.5. The number of nitrogens with one attached hydrogen (secondary N) is 2. The molecule has 0 saturated carbocycles. The Morgan fingerprint density at radius 2 is 1.95 bits per heavy atom. The first-order valence-corrected chi connectivity index (χ1v) is 6.03. The fourth-order valence-electron chi connectivity index (χ4n) is 1.70. The summed E-state index contributed by atoms with van der Waals surface area (Å²) >= 11 is 0. The van der Waals surface area contributed by atoms with E-state index in [-0.39, 0.29) is 11.8 Å². The Hall–Kier alpha value is -2.24. The number of hydrogen-bond donors (Lipinski definition) is 3. The zero-order chi connectivity index (χ0) is 14.4. The third-order valence-electron chi connectivity index (χ3n) is 2.88. The van der Waals surface area contributed by atoms with Gasteiger partial charge in [0.1, 0.15) is 0 Å². The molecule has 2 amide bonds. The molecule has 0 aliphatic rings. The first-order valence-electron chi connectivity index (χ1n) is 6.03. The van der Waals surface area contributed by atoms with E-state index in [1.54, 1.807) is 32.3 Å². The number of anilines is 2. The summed E-state index contributed by atoms with van der Waals surface area (Å²) in [5, 5.41) is 5.11. The van der Waals surface area contributed by atoms with Crippen molar-refractivity contribution in [1.29, 1.82) is 0 Å². The van der Waals surface area contributed by atoms with Crippen molar-refractivity contribution in [3.63, 3.8) is 0 Å². The van der Waals surface area contributed by atoms with E-state index >= 15 is 0 Å². The maximum absolute atomic E-state index is 11.5. The Labute approximate surface area is 113 Å². The van der Waals surface area contributed by atoms with E-state index in [1.165, 1.54) is 0 Å². The molecule has 0 aromatic heterocycles. The SMILES string of the molecule is CNC(=O)CCN(C)c1ccc(C(=O)NC)cc1N. The molecule has 0 unspecified atom stereocenters. The maximum Gasteiger partial charge on any atom is 0.251 e. The van der Waals surface area contributed by atoms with Crippen LogP contribution < -0.4 is 21.3 Å². The largest absolute Gasteiger partial charge is 0.397 e. The molecule has 0 fully saturated rings. The lowest BCUT2D eigenvalue weighted by Crippen LogP contribution is -2.27. The highest BCUT2D eigenvalue weighted by molar-refractivity contribution is 5.96. The Kier molecular flexibility index (Phi) is 5.17. The van der Waals surface area contributed by atoms with Crippen LogP contribution in [0, 0.1) is 0 Å². The van der Waals surface area contributed by atoms with Gasteiger partial charge in [-0.15, -0.1) is 0 Å². The number of carbonyl (C=O) groups is 2. The van der Waals surface area contributed by atoms with E-state index in [0.717, 1.165) is 5.69 Å². The summed E-state index contributed by atoms with van der Waals surface area (Å²) in [6.07, 6.45) is 0.392.